The predicted octanol–water partition coefficient (Wildman–Crippen LogP) is 1.59. The van der Waals surface area contributed by atoms with Gasteiger partial charge >= 0.3 is 0 Å². The lowest BCUT2D eigenvalue weighted by molar-refractivity contribution is -0.113. The van der Waals surface area contributed by atoms with Crippen LogP contribution in [0.15, 0.2) is 29.1 Å². The molecule has 2 rings (SSSR count). The van der Waals surface area contributed by atoms with E-state index in [1.54, 1.807) is 25.3 Å². The number of rotatable bonds is 7. The second-order valence-corrected chi connectivity index (χ2v) is 5.38. The molecule has 0 saturated carbocycles. The highest BCUT2D eigenvalue weighted by Gasteiger charge is 2.09. The zero-order chi connectivity index (χ0) is 15.9. The van der Waals surface area contributed by atoms with Crippen molar-refractivity contribution in [3.63, 3.8) is 0 Å². The van der Waals surface area contributed by atoms with Crippen LogP contribution in [0.25, 0.3) is 0 Å². The fraction of sp³-hybridized carbons (Fsp3) is 0.286. The first-order chi connectivity index (χ1) is 10.6. The highest BCUT2D eigenvalue weighted by atomic mass is 32.2. The molecular weight excluding hydrogens is 306 g/mol. The number of methoxy groups -OCH3 is 2. The number of aromatic nitrogens is 2. The van der Waals surface area contributed by atoms with Gasteiger partial charge in [-0.15, -0.1) is 11.8 Å². The maximum absolute atomic E-state index is 12.0. The van der Waals surface area contributed by atoms with Gasteiger partial charge in [0.2, 0.25) is 5.91 Å². The van der Waals surface area contributed by atoms with Crippen molar-refractivity contribution in [2.45, 2.75) is 5.75 Å². The molecule has 7 nitrogen and oxygen atoms in total. The molecule has 0 saturated heterocycles. The van der Waals surface area contributed by atoms with Gasteiger partial charge in [0.15, 0.2) is 0 Å². The highest BCUT2D eigenvalue weighted by Crippen LogP contribution is 2.29. The maximum atomic E-state index is 12.0. The predicted molar refractivity (Wildman–Crippen MR) is 85.8 cm³/mol. The number of anilines is 1. The van der Waals surface area contributed by atoms with Crippen molar-refractivity contribution in [1.29, 1.82) is 0 Å². The van der Waals surface area contributed by atoms with Crippen molar-refractivity contribution in [3.8, 4) is 11.5 Å². The maximum Gasteiger partial charge on any atom is 0.264 e. The summed E-state index contributed by atoms with van der Waals surface area (Å²) in [6, 6.07) is 6.65. The monoisotopic (exact) mass is 323 g/mol. The molecule has 1 amide bonds. The van der Waals surface area contributed by atoms with Crippen LogP contribution in [0.2, 0.25) is 0 Å². The summed E-state index contributed by atoms with van der Waals surface area (Å²) in [6.45, 7) is 0. The number of aromatic amines is 2. The molecule has 0 radical (unpaired) electrons. The van der Waals surface area contributed by atoms with Crippen molar-refractivity contribution in [2.24, 2.45) is 0 Å². The number of carbonyl (C=O) groups excluding carboxylic acids is 1. The van der Waals surface area contributed by atoms with E-state index in [1.165, 1.54) is 24.9 Å². The third-order valence-electron chi connectivity index (χ3n) is 2.82. The largest absolute Gasteiger partial charge is 0.497 e. The van der Waals surface area contributed by atoms with Gasteiger partial charge in [0, 0.05) is 23.6 Å². The van der Waals surface area contributed by atoms with E-state index in [-0.39, 0.29) is 17.2 Å². The first-order valence-corrected chi connectivity index (χ1v) is 7.64. The molecule has 0 atom stereocenters. The molecule has 3 N–H and O–H groups in total. The topological polar surface area (TPSA) is 96.2 Å². The van der Waals surface area contributed by atoms with E-state index in [0.717, 1.165) is 5.69 Å². The number of thioether (sulfide) groups is 1. The Bertz CT molecular complexity index is 695. The Morgan fingerprint density at radius 3 is 2.68 bits per heavy atom. The van der Waals surface area contributed by atoms with Crippen LogP contribution in [-0.2, 0) is 10.5 Å². The molecule has 22 heavy (non-hydrogen) atoms. The molecule has 1 aromatic carbocycles. The van der Waals surface area contributed by atoms with E-state index < -0.39 is 0 Å². The van der Waals surface area contributed by atoms with E-state index >= 15 is 0 Å². The molecule has 0 aliphatic carbocycles. The fourth-order valence-electron chi connectivity index (χ4n) is 1.80. The molecule has 8 heteroatoms. The van der Waals surface area contributed by atoms with Gasteiger partial charge in [0.25, 0.3) is 5.56 Å². The fourth-order valence-corrected chi connectivity index (χ4v) is 2.54. The lowest BCUT2D eigenvalue weighted by Crippen LogP contribution is -2.15. The Morgan fingerprint density at radius 2 is 2.05 bits per heavy atom. The van der Waals surface area contributed by atoms with Gasteiger partial charge in [-0.3, -0.25) is 14.7 Å². The summed E-state index contributed by atoms with van der Waals surface area (Å²) >= 11 is 1.40. The minimum absolute atomic E-state index is 0.158. The molecule has 2 aromatic rings. The van der Waals surface area contributed by atoms with Crippen LogP contribution in [-0.4, -0.2) is 36.1 Å². The highest BCUT2D eigenvalue weighted by molar-refractivity contribution is 7.99. The van der Waals surface area contributed by atoms with Crippen molar-refractivity contribution in [3.05, 3.63) is 40.3 Å². The summed E-state index contributed by atoms with van der Waals surface area (Å²) in [7, 11) is 3.09. The summed E-state index contributed by atoms with van der Waals surface area (Å²) in [5.41, 5.74) is 1.13. The Hall–Kier alpha value is -2.35. The number of hydrogen-bond acceptors (Lipinski definition) is 5. The van der Waals surface area contributed by atoms with Gasteiger partial charge in [-0.25, -0.2) is 0 Å². The van der Waals surface area contributed by atoms with Gasteiger partial charge in [0.05, 0.1) is 25.7 Å². The number of hydrogen-bond donors (Lipinski definition) is 3. The van der Waals surface area contributed by atoms with Crippen molar-refractivity contribution < 1.29 is 14.3 Å². The third kappa shape index (κ3) is 4.32. The smallest absolute Gasteiger partial charge is 0.264 e. The molecule has 118 valence electrons. The Balaban J connectivity index is 1.89. The number of ether oxygens (including phenoxy) is 2. The van der Waals surface area contributed by atoms with Crippen LogP contribution >= 0.6 is 11.8 Å². The van der Waals surface area contributed by atoms with Crippen LogP contribution in [0, 0.1) is 0 Å². The lowest BCUT2D eigenvalue weighted by atomic mass is 10.2. The van der Waals surface area contributed by atoms with Crippen LogP contribution < -0.4 is 20.3 Å². The average Bonchev–Trinajstić information content (AvgIpc) is 2.92. The minimum Gasteiger partial charge on any atom is -0.497 e. The average molecular weight is 323 g/mol. The molecule has 0 fully saturated rings. The van der Waals surface area contributed by atoms with Gasteiger partial charge < -0.3 is 19.9 Å². The molecule has 0 aliphatic heterocycles. The van der Waals surface area contributed by atoms with Crippen molar-refractivity contribution in [2.75, 3.05) is 25.3 Å². The number of nitrogens with one attached hydrogen (secondary N) is 3. The number of H-pyrrole nitrogens is 2. The first-order valence-electron chi connectivity index (χ1n) is 6.48. The summed E-state index contributed by atoms with van der Waals surface area (Å²) < 4.78 is 10.3. The molecule has 1 heterocycles. The lowest BCUT2D eigenvalue weighted by Gasteiger charge is -2.11. The number of carbonyl (C=O) groups is 1. The first kappa shape index (κ1) is 16.0. The SMILES string of the molecule is COc1ccc(OC)c(NC(=O)CSCc2cc(=O)[nH][nH]2)c1. The molecule has 0 aliphatic rings. The van der Waals surface area contributed by atoms with E-state index in [4.69, 9.17) is 9.47 Å². The molecule has 0 bridgehead atoms. The second kappa shape index (κ2) is 7.60. The standard InChI is InChI=1S/C14H17N3O4S/c1-20-10-3-4-12(21-2)11(6-10)15-14(19)8-22-7-9-5-13(18)17-16-9/h3-6H,7-8H2,1-2H3,(H,15,19)(H2,16,17,18). The van der Waals surface area contributed by atoms with Crippen molar-refractivity contribution in [1.82, 2.24) is 10.2 Å². The van der Waals surface area contributed by atoms with E-state index in [0.29, 0.717) is 22.9 Å². The normalized spacial score (nSPS) is 10.3. The Morgan fingerprint density at radius 1 is 1.23 bits per heavy atom. The van der Waals surface area contributed by atoms with Gasteiger partial charge in [-0.2, -0.15) is 0 Å². The van der Waals surface area contributed by atoms with Gasteiger partial charge in [-0.05, 0) is 12.1 Å². The van der Waals surface area contributed by atoms with Crippen molar-refractivity contribution >= 4 is 23.4 Å². The Labute approximate surface area is 131 Å². The quantitative estimate of drug-likeness (QED) is 0.719. The van der Waals surface area contributed by atoms with Crippen LogP contribution in [0.5, 0.6) is 11.5 Å². The van der Waals surface area contributed by atoms with Crippen LogP contribution in [0.1, 0.15) is 5.69 Å². The molecule has 0 spiro atoms. The van der Waals surface area contributed by atoms with E-state index in [9.17, 15) is 9.59 Å². The zero-order valence-electron chi connectivity index (χ0n) is 12.3. The third-order valence-corrected chi connectivity index (χ3v) is 3.80. The number of amides is 1. The zero-order valence-corrected chi connectivity index (χ0v) is 13.1. The van der Waals surface area contributed by atoms with E-state index in [1.807, 2.05) is 0 Å². The molecular formula is C14H17N3O4S. The van der Waals surface area contributed by atoms with Crippen LogP contribution in [0.4, 0.5) is 5.69 Å². The molecule has 0 unspecified atom stereocenters. The van der Waals surface area contributed by atoms with Gasteiger partial charge in [-0.1, -0.05) is 0 Å². The molecule has 1 aromatic heterocycles. The minimum atomic E-state index is -0.179. The Kier molecular flexibility index (Phi) is 5.54. The summed E-state index contributed by atoms with van der Waals surface area (Å²) in [4.78, 5) is 22.9. The van der Waals surface area contributed by atoms with Gasteiger partial charge in [0.1, 0.15) is 11.5 Å². The number of benzene rings is 1. The summed E-state index contributed by atoms with van der Waals surface area (Å²) in [6.07, 6.45) is 0. The van der Waals surface area contributed by atoms with Crippen LogP contribution in [0.3, 0.4) is 0 Å². The summed E-state index contributed by atoms with van der Waals surface area (Å²) in [5, 5.41) is 7.97. The van der Waals surface area contributed by atoms with E-state index in [2.05, 4.69) is 15.5 Å². The second-order valence-electron chi connectivity index (χ2n) is 4.39. The summed E-state index contributed by atoms with van der Waals surface area (Å²) in [5.74, 6) is 1.84.